The molecule has 0 aliphatic carbocycles. The SMILES string of the molecule is CCOC(=O)N(C)c1ccc(NC(=O)c2ccc(OCCOc3ccccc3)c(OCC)c2)cc1. The summed E-state index contributed by atoms with van der Waals surface area (Å²) < 4.78 is 22.1. The molecule has 0 radical (unpaired) electrons. The van der Waals surface area contributed by atoms with Gasteiger partial charge in [-0.1, -0.05) is 18.2 Å². The number of nitrogens with one attached hydrogen (secondary N) is 1. The minimum atomic E-state index is -0.443. The minimum absolute atomic E-state index is 0.295. The Morgan fingerprint density at radius 2 is 1.51 bits per heavy atom. The monoisotopic (exact) mass is 478 g/mol. The normalized spacial score (nSPS) is 10.3. The molecule has 35 heavy (non-hydrogen) atoms. The van der Waals surface area contributed by atoms with Crippen molar-refractivity contribution >= 4 is 23.4 Å². The molecule has 2 amide bonds. The summed E-state index contributed by atoms with van der Waals surface area (Å²) in [4.78, 5) is 26.1. The molecular weight excluding hydrogens is 448 g/mol. The van der Waals surface area contributed by atoms with Gasteiger partial charge in [0.05, 0.1) is 13.2 Å². The third kappa shape index (κ3) is 7.40. The molecule has 0 aliphatic rings. The summed E-state index contributed by atoms with van der Waals surface area (Å²) in [5.74, 6) is 1.49. The second kappa shape index (κ2) is 12.9. The first-order valence-corrected chi connectivity index (χ1v) is 11.4. The Morgan fingerprint density at radius 3 is 2.20 bits per heavy atom. The summed E-state index contributed by atoms with van der Waals surface area (Å²) in [6, 6.07) is 21.4. The molecule has 8 nitrogen and oxygen atoms in total. The van der Waals surface area contributed by atoms with E-state index in [1.54, 1.807) is 56.4 Å². The molecule has 0 aliphatic heterocycles. The quantitative estimate of drug-likeness (QED) is 0.372. The molecule has 0 bridgehead atoms. The van der Waals surface area contributed by atoms with Crippen molar-refractivity contribution in [1.29, 1.82) is 0 Å². The molecule has 1 N–H and O–H groups in total. The lowest BCUT2D eigenvalue weighted by molar-refractivity contribution is 0.102. The first-order chi connectivity index (χ1) is 17.0. The fourth-order valence-corrected chi connectivity index (χ4v) is 3.16. The van der Waals surface area contributed by atoms with Crippen molar-refractivity contribution in [1.82, 2.24) is 0 Å². The molecule has 0 spiro atoms. The standard InChI is InChI=1S/C27H30N2O6/c1-4-32-25-19-20(11-16-24(25)35-18-17-34-23-9-7-6-8-10-23)26(30)28-21-12-14-22(15-13-21)29(3)27(31)33-5-2/h6-16,19H,4-5,17-18H2,1-3H3,(H,28,30). The van der Waals surface area contributed by atoms with Crippen molar-refractivity contribution in [2.75, 3.05) is 43.7 Å². The van der Waals surface area contributed by atoms with Crippen LogP contribution in [0.4, 0.5) is 16.2 Å². The third-order valence-electron chi connectivity index (χ3n) is 4.91. The number of carbonyl (C=O) groups excluding carboxylic acids is 2. The maximum atomic E-state index is 12.8. The molecule has 3 aromatic carbocycles. The average Bonchev–Trinajstić information content (AvgIpc) is 2.88. The summed E-state index contributed by atoms with van der Waals surface area (Å²) in [5, 5.41) is 2.85. The first-order valence-electron chi connectivity index (χ1n) is 11.4. The van der Waals surface area contributed by atoms with E-state index < -0.39 is 6.09 Å². The number of nitrogens with zero attached hydrogens (tertiary/aromatic N) is 1. The van der Waals surface area contributed by atoms with Gasteiger partial charge in [-0.25, -0.2) is 4.79 Å². The van der Waals surface area contributed by atoms with Crippen LogP contribution in [0, 0.1) is 0 Å². The molecule has 0 unspecified atom stereocenters. The van der Waals surface area contributed by atoms with Gasteiger partial charge in [0.2, 0.25) is 0 Å². The highest BCUT2D eigenvalue weighted by Gasteiger charge is 2.14. The van der Waals surface area contributed by atoms with Gasteiger partial charge in [-0.2, -0.15) is 0 Å². The molecular formula is C27H30N2O6. The maximum absolute atomic E-state index is 12.8. The lowest BCUT2D eigenvalue weighted by Gasteiger charge is -2.17. The van der Waals surface area contributed by atoms with Gasteiger partial charge < -0.3 is 24.3 Å². The molecule has 3 rings (SSSR count). The van der Waals surface area contributed by atoms with E-state index in [-0.39, 0.29) is 5.91 Å². The second-order valence-electron chi connectivity index (χ2n) is 7.36. The predicted molar refractivity (Wildman–Crippen MR) is 135 cm³/mol. The van der Waals surface area contributed by atoms with E-state index in [2.05, 4.69) is 5.32 Å². The van der Waals surface area contributed by atoms with E-state index in [1.165, 1.54) is 4.90 Å². The number of para-hydroxylation sites is 1. The van der Waals surface area contributed by atoms with Gasteiger partial charge in [0.15, 0.2) is 11.5 Å². The number of ether oxygens (including phenoxy) is 4. The smallest absolute Gasteiger partial charge is 0.413 e. The summed E-state index contributed by atoms with van der Waals surface area (Å²) in [7, 11) is 1.62. The van der Waals surface area contributed by atoms with Crippen LogP contribution in [0.25, 0.3) is 0 Å². The van der Waals surface area contributed by atoms with Crippen molar-refractivity contribution < 1.29 is 28.5 Å². The van der Waals surface area contributed by atoms with Crippen LogP contribution in [0.2, 0.25) is 0 Å². The van der Waals surface area contributed by atoms with E-state index in [0.717, 1.165) is 5.75 Å². The average molecular weight is 479 g/mol. The molecule has 0 aromatic heterocycles. The number of anilines is 2. The Balaban J connectivity index is 1.59. The van der Waals surface area contributed by atoms with E-state index in [1.807, 2.05) is 37.3 Å². The predicted octanol–water partition coefficient (Wildman–Crippen LogP) is 5.39. The minimum Gasteiger partial charge on any atom is -0.490 e. The number of hydrogen-bond donors (Lipinski definition) is 1. The highest BCUT2D eigenvalue weighted by molar-refractivity contribution is 6.04. The molecule has 0 atom stereocenters. The Hall–Kier alpha value is -4.20. The van der Waals surface area contributed by atoms with Crippen molar-refractivity contribution in [2.24, 2.45) is 0 Å². The summed E-state index contributed by atoms with van der Waals surface area (Å²) in [5.41, 5.74) is 1.67. The molecule has 0 saturated carbocycles. The third-order valence-corrected chi connectivity index (χ3v) is 4.91. The van der Waals surface area contributed by atoms with Crippen LogP contribution in [-0.2, 0) is 4.74 Å². The highest BCUT2D eigenvalue weighted by Crippen LogP contribution is 2.29. The first kappa shape index (κ1) is 25.4. The summed E-state index contributed by atoms with van der Waals surface area (Å²) >= 11 is 0. The van der Waals surface area contributed by atoms with Gasteiger partial charge in [-0.3, -0.25) is 9.69 Å². The Bertz CT molecular complexity index is 1100. The van der Waals surface area contributed by atoms with Gasteiger partial charge in [0, 0.05) is 24.0 Å². The van der Waals surface area contributed by atoms with E-state index in [0.29, 0.717) is 54.9 Å². The molecule has 3 aromatic rings. The second-order valence-corrected chi connectivity index (χ2v) is 7.36. The van der Waals surface area contributed by atoms with Crippen LogP contribution >= 0.6 is 0 Å². The van der Waals surface area contributed by atoms with Crippen LogP contribution in [0.5, 0.6) is 17.2 Å². The molecule has 8 heteroatoms. The van der Waals surface area contributed by atoms with Crippen LogP contribution in [0.15, 0.2) is 72.8 Å². The number of rotatable bonds is 11. The number of benzene rings is 3. The van der Waals surface area contributed by atoms with Crippen LogP contribution in [-0.4, -0.2) is 45.5 Å². The largest absolute Gasteiger partial charge is 0.490 e. The fraction of sp³-hybridized carbons (Fsp3) is 0.259. The molecule has 0 saturated heterocycles. The van der Waals surface area contributed by atoms with Crippen molar-refractivity contribution in [3.05, 3.63) is 78.4 Å². The van der Waals surface area contributed by atoms with E-state index in [9.17, 15) is 9.59 Å². The molecule has 0 fully saturated rings. The van der Waals surface area contributed by atoms with Gasteiger partial charge in [0.1, 0.15) is 19.0 Å². The Labute approximate surface area is 205 Å². The van der Waals surface area contributed by atoms with E-state index >= 15 is 0 Å². The van der Waals surface area contributed by atoms with Crippen LogP contribution in [0.3, 0.4) is 0 Å². The van der Waals surface area contributed by atoms with Crippen molar-refractivity contribution in [3.63, 3.8) is 0 Å². The Morgan fingerprint density at radius 1 is 0.800 bits per heavy atom. The van der Waals surface area contributed by atoms with Crippen molar-refractivity contribution in [2.45, 2.75) is 13.8 Å². The lowest BCUT2D eigenvalue weighted by Crippen LogP contribution is -2.26. The van der Waals surface area contributed by atoms with Crippen molar-refractivity contribution in [3.8, 4) is 17.2 Å². The number of amides is 2. The van der Waals surface area contributed by atoms with Gasteiger partial charge >= 0.3 is 6.09 Å². The van der Waals surface area contributed by atoms with Gasteiger partial charge in [0.25, 0.3) is 5.91 Å². The van der Waals surface area contributed by atoms with E-state index in [4.69, 9.17) is 18.9 Å². The molecule has 184 valence electrons. The Kier molecular flexibility index (Phi) is 9.36. The van der Waals surface area contributed by atoms with Gasteiger partial charge in [-0.05, 0) is 68.4 Å². The van der Waals surface area contributed by atoms with Crippen LogP contribution < -0.4 is 24.4 Å². The number of hydrogen-bond acceptors (Lipinski definition) is 6. The topological polar surface area (TPSA) is 86.3 Å². The maximum Gasteiger partial charge on any atom is 0.413 e. The zero-order chi connectivity index (χ0) is 25.0. The zero-order valence-electron chi connectivity index (χ0n) is 20.2. The molecule has 0 heterocycles. The fourth-order valence-electron chi connectivity index (χ4n) is 3.16. The lowest BCUT2D eigenvalue weighted by atomic mass is 10.1. The summed E-state index contributed by atoms with van der Waals surface area (Å²) in [6.07, 6.45) is -0.443. The van der Waals surface area contributed by atoms with Crippen LogP contribution in [0.1, 0.15) is 24.2 Å². The highest BCUT2D eigenvalue weighted by atomic mass is 16.6. The summed E-state index contributed by atoms with van der Waals surface area (Å²) in [6.45, 7) is 5.04. The number of carbonyl (C=O) groups is 2. The zero-order valence-corrected chi connectivity index (χ0v) is 20.2. The van der Waals surface area contributed by atoms with Gasteiger partial charge in [-0.15, -0.1) is 0 Å².